The van der Waals surface area contributed by atoms with Gasteiger partial charge in [0.2, 0.25) is 10.0 Å². The van der Waals surface area contributed by atoms with Crippen LogP contribution in [0.5, 0.6) is 0 Å². The summed E-state index contributed by atoms with van der Waals surface area (Å²) in [6.45, 7) is 1.44. The number of sulfonamides is 1. The summed E-state index contributed by atoms with van der Waals surface area (Å²) in [5.74, 6) is 1.83. The number of hydrogen-bond donors (Lipinski definition) is 0. The molecule has 1 aromatic carbocycles. The van der Waals surface area contributed by atoms with E-state index in [2.05, 4.69) is 14.8 Å². The number of nitrogens with zero attached hydrogens (tertiary/aromatic N) is 4. The van der Waals surface area contributed by atoms with E-state index in [9.17, 15) is 8.42 Å². The molecular weight excluding hydrogens is 324 g/mol. The van der Waals surface area contributed by atoms with Gasteiger partial charge in [0, 0.05) is 19.5 Å². The Bertz CT molecular complexity index is 816. The van der Waals surface area contributed by atoms with Crippen LogP contribution in [0.25, 0.3) is 0 Å². The number of aromatic nitrogens is 3. The maximum atomic E-state index is 13.0. The second kappa shape index (κ2) is 6.29. The van der Waals surface area contributed by atoms with Crippen molar-refractivity contribution >= 4 is 10.0 Å². The van der Waals surface area contributed by atoms with Crippen molar-refractivity contribution in [2.45, 2.75) is 56.0 Å². The monoisotopic (exact) mass is 346 g/mol. The molecule has 0 unspecified atom stereocenters. The lowest BCUT2D eigenvalue weighted by molar-refractivity contribution is 0.370. The lowest BCUT2D eigenvalue weighted by Crippen LogP contribution is -2.32. The van der Waals surface area contributed by atoms with Crippen molar-refractivity contribution in [3.05, 3.63) is 42.0 Å². The van der Waals surface area contributed by atoms with Crippen LogP contribution in [0.3, 0.4) is 0 Å². The first-order valence-electron chi connectivity index (χ1n) is 8.67. The van der Waals surface area contributed by atoms with Gasteiger partial charge in [-0.05, 0) is 37.8 Å². The molecule has 2 aliphatic heterocycles. The van der Waals surface area contributed by atoms with E-state index in [1.165, 1.54) is 6.42 Å². The molecule has 0 bridgehead atoms. The van der Waals surface area contributed by atoms with Crippen molar-refractivity contribution in [2.75, 3.05) is 6.54 Å². The van der Waals surface area contributed by atoms with E-state index in [0.717, 1.165) is 50.3 Å². The van der Waals surface area contributed by atoms with E-state index in [-0.39, 0.29) is 6.04 Å². The van der Waals surface area contributed by atoms with E-state index >= 15 is 0 Å². The third-order valence-corrected chi connectivity index (χ3v) is 6.91. The summed E-state index contributed by atoms with van der Waals surface area (Å²) < 4.78 is 29.9. The minimum atomic E-state index is -3.50. The molecule has 24 heavy (non-hydrogen) atoms. The number of fused-ring (bicyclic) bond motifs is 1. The Morgan fingerprint density at radius 1 is 0.958 bits per heavy atom. The molecule has 6 nitrogen and oxygen atoms in total. The lowest BCUT2D eigenvalue weighted by Gasteiger charge is -2.24. The highest BCUT2D eigenvalue weighted by Crippen LogP contribution is 2.36. The highest BCUT2D eigenvalue weighted by atomic mass is 32.2. The molecule has 0 saturated carbocycles. The van der Waals surface area contributed by atoms with Crippen molar-refractivity contribution < 1.29 is 8.42 Å². The summed E-state index contributed by atoms with van der Waals surface area (Å²) in [5.41, 5.74) is 0. The van der Waals surface area contributed by atoms with Gasteiger partial charge in [0.15, 0.2) is 5.82 Å². The first kappa shape index (κ1) is 15.8. The third-order valence-electron chi connectivity index (χ3n) is 4.99. The second-order valence-corrected chi connectivity index (χ2v) is 8.41. The molecule has 2 aliphatic rings. The highest BCUT2D eigenvalue weighted by Gasteiger charge is 2.39. The van der Waals surface area contributed by atoms with Crippen LogP contribution in [-0.2, 0) is 23.0 Å². The van der Waals surface area contributed by atoms with Crippen molar-refractivity contribution in [3.63, 3.8) is 0 Å². The zero-order valence-electron chi connectivity index (χ0n) is 13.6. The van der Waals surface area contributed by atoms with Crippen LogP contribution >= 0.6 is 0 Å². The van der Waals surface area contributed by atoms with Gasteiger partial charge in [0.25, 0.3) is 0 Å². The summed E-state index contributed by atoms with van der Waals surface area (Å²) in [4.78, 5) is 0.354. The average Bonchev–Trinajstić information content (AvgIpc) is 3.17. The molecule has 1 fully saturated rings. The smallest absolute Gasteiger partial charge is 0.243 e. The molecule has 0 spiro atoms. The van der Waals surface area contributed by atoms with Gasteiger partial charge in [-0.15, -0.1) is 10.2 Å². The Hall–Kier alpha value is -1.73. The van der Waals surface area contributed by atoms with Crippen LogP contribution in [0.15, 0.2) is 35.2 Å². The number of hydrogen-bond acceptors (Lipinski definition) is 4. The summed E-state index contributed by atoms with van der Waals surface area (Å²) in [6.07, 6.45) is 6.04. The SMILES string of the molecule is O=S(=O)(c1ccccc1)N1CCC[C@H]1c1nnc2n1CCCCC2. The predicted molar refractivity (Wildman–Crippen MR) is 89.9 cm³/mol. The predicted octanol–water partition coefficient (Wildman–Crippen LogP) is 2.53. The summed E-state index contributed by atoms with van der Waals surface area (Å²) >= 11 is 0. The van der Waals surface area contributed by atoms with E-state index in [1.807, 2.05) is 6.07 Å². The summed E-state index contributed by atoms with van der Waals surface area (Å²) in [5, 5.41) is 8.73. The Morgan fingerprint density at radius 2 is 1.79 bits per heavy atom. The van der Waals surface area contributed by atoms with Crippen LogP contribution in [-0.4, -0.2) is 34.0 Å². The van der Waals surface area contributed by atoms with Crippen LogP contribution in [0, 0.1) is 0 Å². The first-order valence-corrected chi connectivity index (χ1v) is 10.1. The van der Waals surface area contributed by atoms with Crippen molar-refractivity contribution in [1.82, 2.24) is 19.1 Å². The molecule has 1 atom stereocenters. The maximum absolute atomic E-state index is 13.0. The van der Waals surface area contributed by atoms with Crippen LogP contribution in [0.2, 0.25) is 0 Å². The molecule has 3 heterocycles. The fraction of sp³-hybridized carbons (Fsp3) is 0.529. The number of aryl methyl sites for hydroxylation is 1. The summed E-state index contributed by atoms with van der Waals surface area (Å²) in [6, 6.07) is 8.49. The molecule has 128 valence electrons. The molecule has 7 heteroatoms. The lowest BCUT2D eigenvalue weighted by atomic mass is 10.2. The zero-order chi connectivity index (χ0) is 16.6. The Morgan fingerprint density at radius 3 is 2.62 bits per heavy atom. The van der Waals surface area contributed by atoms with Gasteiger partial charge in [0.05, 0.1) is 10.9 Å². The van der Waals surface area contributed by atoms with E-state index in [1.54, 1.807) is 28.6 Å². The van der Waals surface area contributed by atoms with Crippen LogP contribution in [0.4, 0.5) is 0 Å². The standard InChI is InChI=1S/C17H22N4O2S/c22-24(23,14-8-3-1-4-9-14)21-13-7-10-15(21)17-19-18-16-11-5-2-6-12-20(16)17/h1,3-4,8-9,15H,2,5-7,10-13H2/t15-/m0/s1. The number of rotatable bonds is 3. The fourth-order valence-electron chi connectivity index (χ4n) is 3.77. The molecule has 0 N–H and O–H groups in total. The largest absolute Gasteiger partial charge is 0.314 e. The zero-order valence-corrected chi connectivity index (χ0v) is 14.5. The normalized spacial score (nSPS) is 22.2. The molecule has 1 aromatic heterocycles. The minimum Gasteiger partial charge on any atom is -0.314 e. The molecule has 0 radical (unpaired) electrons. The third kappa shape index (κ3) is 2.65. The van der Waals surface area contributed by atoms with Gasteiger partial charge >= 0.3 is 0 Å². The maximum Gasteiger partial charge on any atom is 0.243 e. The van der Waals surface area contributed by atoms with Gasteiger partial charge in [-0.2, -0.15) is 4.31 Å². The Kier molecular flexibility index (Phi) is 4.14. The fourth-order valence-corrected chi connectivity index (χ4v) is 5.44. The van der Waals surface area contributed by atoms with Gasteiger partial charge < -0.3 is 4.57 Å². The minimum absolute atomic E-state index is 0.199. The van der Waals surface area contributed by atoms with Gasteiger partial charge in [-0.25, -0.2) is 8.42 Å². The Balaban J connectivity index is 1.70. The topological polar surface area (TPSA) is 68.1 Å². The van der Waals surface area contributed by atoms with Gasteiger partial charge in [0.1, 0.15) is 5.82 Å². The molecule has 4 rings (SSSR count). The van der Waals surface area contributed by atoms with Crippen molar-refractivity contribution in [2.24, 2.45) is 0 Å². The molecule has 2 aromatic rings. The Labute approximate surface area is 142 Å². The molecular formula is C17H22N4O2S. The molecule has 0 aliphatic carbocycles. The quantitative estimate of drug-likeness (QED) is 0.856. The molecule has 0 amide bonds. The van der Waals surface area contributed by atoms with Gasteiger partial charge in [-0.3, -0.25) is 0 Å². The average molecular weight is 346 g/mol. The number of benzene rings is 1. The highest BCUT2D eigenvalue weighted by molar-refractivity contribution is 7.89. The summed E-state index contributed by atoms with van der Waals surface area (Å²) in [7, 11) is -3.50. The van der Waals surface area contributed by atoms with Crippen LogP contribution in [0.1, 0.15) is 49.8 Å². The van der Waals surface area contributed by atoms with E-state index < -0.39 is 10.0 Å². The molecule has 1 saturated heterocycles. The second-order valence-electron chi connectivity index (χ2n) is 6.52. The van der Waals surface area contributed by atoms with E-state index in [0.29, 0.717) is 11.4 Å². The van der Waals surface area contributed by atoms with Crippen LogP contribution < -0.4 is 0 Å². The van der Waals surface area contributed by atoms with Crippen molar-refractivity contribution in [1.29, 1.82) is 0 Å². The first-order chi connectivity index (χ1) is 11.7. The van der Waals surface area contributed by atoms with E-state index in [4.69, 9.17) is 0 Å². The van der Waals surface area contributed by atoms with Crippen molar-refractivity contribution in [3.8, 4) is 0 Å². The van der Waals surface area contributed by atoms with Gasteiger partial charge in [-0.1, -0.05) is 24.6 Å².